The van der Waals surface area contributed by atoms with Crippen LogP contribution in [0.1, 0.15) is 55.1 Å². The molecule has 2 amide bonds. The van der Waals surface area contributed by atoms with Crippen molar-refractivity contribution in [1.29, 1.82) is 0 Å². The Morgan fingerprint density at radius 1 is 1.00 bits per heavy atom. The molecule has 5 heteroatoms. The van der Waals surface area contributed by atoms with Crippen molar-refractivity contribution in [2.75, 3.05) is 11.9 Å². The van der Waals surface area contributed by atoms with Crippen LogP contribution in [-0.4, -0.2) is 24.0 Å². The van der Waals surface area contributed by atoms with E-state index in [0.717, 1.165) is 25.0 Å². The molecule has 0 radical (unpaired) electrons. The van der Waals surface area contributed by atoms with Crippen LogP contribution in [-0.2, 0) is 17.6 Å². The number of ether oxygens (including phenoxy) is 1. The van der Waals surface area contributed by atoms with Crippen molar-refractivity contribution in [2.45, 2.75) is 52.0 Å². The number of amides is 2. The topological polar surface area (TPSA) is 67.4 Å². The summed E-state index contributed by atoms with van der Waals surface area (Å²) in [6, 6.07) is 13.0. The van der Waals surface area contributed by atoms with Crippen LogP contribution in [0.25, 0.3) is 0 Å². The second-order valence-corrected chi connectivity index (χ2v) is 8.19. The molecule has 1 aliphatic rings. The first kappa shape index (κ1) is 19.9. The van der Waals surface area contributed by atoms with Crippen LogP contribution in [0.5, 0.6) is 5.75 Å². The summed E-state index contributed by atoms with van der Waals surface area (Å²) in [4.78, 5) is 25.0. The zero-order valence-corrected chi connectivity index (χ0v) is 16.8. The highest BCUT2D eigenvalue weighted by atomic mass is 16.5. The van der Waals surface area contributed by atoms with Gasteiger partial charge in [0.15, 0.2) is 6.61 Å². The molecule has 1 aliphatic carbocycles. The number of hydrogen-bond donors (Lipinski definition) is 2. The molecule has 0 aliphatic heterocycles. The molecule has 2 aromatic carbocycles. The summed E-state index contributed by atoms with van der Waals surface area (Å²) in [5.74, 6) is 0.275. The Labute approximate surface area is 166 Å². The highest BCUT2D eigenvalue weighted by Gasteiger charge is 2.19. The van der Waals surface area contributed by atoms with Crippen molar-refractivity contribution in [1.82, 2.24) is 5.32 Å². The van der Waals surface area contributed by atoms with Crippen LogP contribution < -0.4 is 15.4 Å². The van der Waals surface area contributed by atoms with Crippen molar-refractivity contribution in [3.63, 3.8) is 0 Å². The van der Waals surface area contributed by atoms with Crippen molar-refractivity contribution in [2.24, 2.45) is 0 Å². The van der Waals surface area contributed by atoms with Gasteiger partial charge >= 0.3 is 0 Å². The lowest BCUT2D eigenvalue weighted by Crippen LogP contribution is -2.41. The Balaban J connectivity index is 1.66. The maximum atomic E-state index is 12.5. The molecule has 0 unspecified atom stereocenters. The number of para-hydroxylation sites is 1. The van der Waals surface area contributed by atoms with Gasteiger partial charge in [-0.15, -0.1) is 0 Å². The summed E-state index contributed by atoms with van der Waals surface area (Å²) in [5, 5.41) is 5.72. The maximum Gasteiger partial charge on any atom is 0.262 e. The molecule has 0 saturated heterocycles. The number of hydrogen-bond acceptors (Lipinski definition) is 3. The van der Waals surface area contributed by atoms with Gasteiger partial charge in [0.25, 0.3) is 11.8 Å². The van der Waals surface area contributed by atoms with Gasteiger partial charge in [-0.1, -0.05) is 24.3 Å². The monoisotopic (exact) mass is 380 g/mol. The van der Waals surface area contributed by atoms with Crippen LogP contribution in [0.2, 0.25) is 0 Å². The summed E-state index contributed by atoms with van der Waals surface area (Å²) in [7, 11) is 0. The largest absolute Gasteiger partial charge is 0.483 e. The van der Waals surface area contributed by atoms with E-state index >= 15 is 0 Å². The van der Waals surface area contributed by atoms with Crippen LogP contribution in [0.3, 0.4) is 0 Å². The first-order chi connectivity index (χ1) is 13.3. The molecule has 148 valence electrons. The Bertz CT molecular complexity index is 868. The number of nitrogens with one attached hydrogen (secondary N) is 2. The third kappa shape index (κ3) is 5.12. The van der Waals surface area contributed by atoms with E-state index in [2.05, 4.69) is 16.7 Å². The van der Waals surface area contributed by atoms with E-state index < -0.39 is 0 Å². The summed E-state index contributed by atoms with van der Waals surface area (Å²) in [6.07, 6.45) is 4.40. The predicted molar refractivity (Wildman–Crippen MR) is 111 cm³/mol. The molecule has 0 fully saturated rings. The lowest BCUT2D eigenvalue weighted by molar-refractivity contribution is -0.118. The van der Waals surface area contributed by atoms with Gasteiger partial charge in [-0.05, 0) is 75.8 Å². The van der Waals surface area contributed by atoms with Gasteiger partial charge < -0.3 is 15.4 Å². The average Bonchev–Trinajstić information content (AvgIpc) is 2.65. The molecule has 28 heavy (non-hydrogen) atoms. The van der Waals surface area contributed by atoms with Crippen LogP contribution in [0.15, 0.2) is 42.5 Å². The van der Waals surface area contributed by atoms with E-state index in [9.17, 15) is 9.59 Å². The van der Waals surface area contributed by atoms with E-state index in [0.29, 0.717) is 11.3 Å². The SMILES string of the molecule is CC(C)(C)NC(=O)c1ccccc1NC(=O)COc1cccc2c1CCCC2. The minimum Gasteiger partial charge on any atom is -0.483 e. The third-order valence-electron chi connectivity index (χ3n) is 4.65. The number of rotatable bonds is 5. The van der Waals surface area contributed by atoms with Crippen LogP contribution >= 0.6 is 0 Å². The minimum atomic E-state index is -0.357. The van der Waals surface area contributed by atoms with E-state index in [1.54, 1.807) is 24.3 Å². The average molecular weight is 380 g/mol. The smallest absolute Gasteiger partial charge is 0.262 e. The summed E-state index contributed by atoms with van der Waals surface area (Å²) < 4.78 is 5.81. The second kappa shape index (κ2) is 8.46. The van der Waals surface area contributed by atoms with Gasteiger partial charge in [0.1, 0.15) is 5.75 Å². The highest BCUT2D eigenvalue weighted by Crippen LogP contribution is 2.29. The molecular formula is C23H28N2O3. The lowest BCUT2D eigenvalue weighted by Gasteiger charge is -2.21. The normalized spacial score (nSPS) is 13.4. The molecule has 3 rings (SSSR count). The summed E-state index contributed by atoms with van der Waals surface area (Å²) in [5.41, 5.74) is 3.08. The molecule has 0 spiro atoms. The third-order valence-corrected chi connectivity index (χ3v) is 4.65. The number of carbonyl (C=O) groups excluding carboxylic acids is 2. The molecule has 0 atom stereocenters. The van der Waals surface area contributed by atoms with Crippen LogP contribution in [0, 0.1) is 0 Å². The molecule has 0 bridgehead atoms. The fraction of sp³-hybridized carbons (Fsp3) is 0.391. The van der Waals surface area contributed by atoms with E-state index in [1.807, 2.05) is 32.9 Å². The van der Waals surface area contributed by atoms with E-state index in [-0.39, 0.29) is 24.0 Å². The van der Waals surface area contributed by atoms with Gasteiger partial charge in [-0.3, -0.25) is 9.59 Å². The predicted octanol–water partition coefficient (Wildman–Crippen LogP) is 4.11. The lowest BCUT2D eigenvalue weighted by atomic mass is 9.91. The Hall–Kier alpha value is -2.82. The molecular weight excluding hydrogens is 352 g/mol. The van der Waals surface area contributed by atoms with Crippen molar-refractivity contribution >= 4 is 17.5 Å². The van der Waals surface area contributed by atoms with Crippen LogP contribution in [0.4, 0.5) is 5.69 Å². The number of carbonyl (C=O) groups is 2. The fourth-order valence-electron chi connectivity index (χ4n) is 3.41. The molecule has 2 aromatic rings. The van der Waals surface area contributed by atoms with E-state index in [1.165, 1.54) is 17.5 Å². The van der Waals surface area contributed by atoms with Crippen molar-refractivity contribution in [3.8, 4) is 5.75 Å². The molecule has 0 aromatic heterocycles. The maximum absolute atomic E-state index is 12.5. The minimum absolute atomic E-state index is 0.0916. The number of aryl methyl sites for hydroxylation is 1. The molecule has 2 N–H and O–H groups in total. The Morgan fingerprint density at radius 2 is 1.75 bits per heavy atom. The van der Waals surface area contributed by atoms with Gasteiger partial charge in [0.2, 0.25) is 0 Å². The summed E-state index contributed by atoms with van der Waals surface area (Å²) in [6.45, 7) is 5.66. The van der Waals surface area contributed by atoms with Crippen molar-refractivity contribution in [3.05, 3.63) is 59.2 Å². The highest BCUT2D eigenvalue weighted by molar-refractivity contribution is 6.04. The quantitative estimate of drug-likeness (QED) is 0.820. The van der Waals surface area contributed by atoms with Gasteiger partial charge in [-0.25, -0.2) is 0 Å². The second-order valence-electron chi connectivity index (χ2n) is 8.19. The van der Waals surface area contributed by atoms with Crippen molar-refractivity contribution < 1.29 is 14.3 Å². The molecule has 0 saturated carbocycles. The molecule has 5 nitrogen and oxygen atoms in total. The van der Waals surface area contributed by atoms with E-state index in [4.69, 9.17) is 4.74 Å². The number of benzene rings is 2. The summed E-state index contributed by atoms with van der Waals surface area (Å²) >= 11 is 0. The zero-order chi connectivity index (χ0) is 20.1. The standard InChI is InChI=1S/C23H28N2O3/c1-23(2,3)25-22(27)18-12-6-7-13-19(18)24-21(26)15-28-20-14-8-10-16-9-4-5-11-17(16)20/h6-8,10,12-14H,4-5,9,11,15H2,1-3H3,(H,24,26)(H,25,27). The first-order valence-corrected chi connectivity index (χ1v) is 9.78. The zero-order valence-electron chi connectivity index (χ0n) is 16.8. The van der Waals surface area contributed by atoms with Gasteiger partial charge in [-0.2, -0.15) is 0 Å². The number of anilines is 1. The Morgan fingerprint density at radius 3 is 2.54 bits per heavy atom. The number of fused-ring (bicyclic) bond motifs is 1. The van der Waals surface area contributed by atoms with Gasteiger partial charge in [0, 0.05) is 5.54 Å². The first-order valence-electron chi connectivity index (χ1n) is 9.78. The molecule has 0 heterocycles. The fourth-order valence-corrected chi connectivity index (χ4v) is 3.41. The van der Waals surface area contributed by atoms with Gasteiger partial charge in [0.05, 0.1) is 11.3 Å². The Kier molecular flexibility index (Phi) is 6.02.